The van der Waals surface area contributed by atoms with Crippen LogP contribution in [0.2, 0.25) is 0 Å². The van der Waals surface area contributed by atoms with Crippen LogP contribution >= 0.6 is 0 Å². The first-order valence-electron chi connectivity index (χ1n) is 6.49. The summed E-state index contributed by atoms with van der Waals surface area (Å²) >= 11 is 0. The van der Waals surface area contributed by atoms with E-state index in [2.05, 4.69) is 5.32 Å². The number of esters is 1. The Morgan fingerprint density at radius 1 is 1.23 bits per heavy atom. The Hall–Kier alpha value is -2.90. The molecule has 22 heavy (non-hydrogen) atoms. The highest BCUT2D eigenvalue weighted by molar-refractivity contribution is 6.21. The lowest BCUT2D eigenvalue weighted by Gasteiger charge is -2.22. The van der Waals surface area contributed by atoms with Gasteiger partial charge in [-0.15, -0.1) is 0 Å². The summed E-state index contributed by atoms with van der Waals surface area (Å²) in [5.74, 6) is -1.62. The van der Waals surface area contributed by atoms with Crippen molar-refractivity contribution >= 4 is 23.9 Å². The lowest BCUT2D eigenvalue weighted by Crippen LogP contribution is -2.44. The first kappa shape index (κ1) is 15.5. The topological polar surface area (TPSA) is 113 Å². The Balaban J connectivity index is 2.13. The molecule has 2 rings (SSSR count). The van der Waals surface area contributed by atoms with Crippen LogP contribution in [0.3, 0.4) is 0 Å². The zero-order valence-corrected chi connectivity index (χ0v) is 11.7. The lowest BCUT2D eigenvalue weighted by atomic mass is 10.1. The highest BCUT2D eigenvalue weighted by atomic mass is 16.5. The van der Waals surface area contributed by atoms with Crippen molar-refractivity contribution in [2.24, 2.45) is 0 Å². The number of carboxylic acid groups (broad SMARTS) is 1. The molecule has 1 atom stereocenters. The highest BCUT2D eigenvalue weighted by Crippen LogP contribution is 2.22. The molecule has 1 aliphatic heterocycles. The molecule has 3 amide bonds. The van der Waals surface area contributed by atoms with Gasteiger partial charge in [-0.1, -0.05) is 12.1 Å². The van der Waals surface area contributed by atoms with Gasteiger partial charge in [0.25, 0.3) is 11.8 Å². The molecule has 1 heterocycles. The molecule has 0 radical (unpaired) electrons. The van der Waals surface area contributed by atoms with Crippen LogP contribution in [0.5, 0.6) is 0 Å². The fourth-order valence-electron chi connectivity index (χ4n) is 2.19. The quantitative estimate of drug-likeness (QED) is 0.604. The molecule has 0 unspecified atom stereocenters. The van der Waals surface area contributed by atoms with E-state index >= 15 is 0 Å². The molecule has 0 fully saturated rings. The normalized spacial score (nSPS) is 14.5. The summed E-state index contributed by atoms with van der Waals surface area (Å²) in [4.78, 5) is 46.9. The number of rotatable bonds is 5. The summed E-state index contributed by atoms with van der Waals surface area (Å²) in [5, 5.41) is 10.7. The number of nitrogens with one attached hydrogen (secondary N) is 1. The molecule has 8 heteroatoms. The minimum Gasteiger partial charge on any atom is -0.465 e. The van der Waals surface area contributed by atoms with Crippen LogP contribution in [-0.2, 0) is 9.53 Å². The van der Waals surface area contributed by atoms with Crippen molar-refractivity contribution < 1.29 is 29.0 Å². The third-order valence-corrected chi connectivity index (χ3v) is 3.08. The Morgan fingerprint density at radius 3 is 2.23 bits per heavy atom. The van der Waals surface area contributed by atoms with Crippen molar-refractivity contribution in [1.29, 1.82) is 0 Å². The zero-order chi connectivity index (χ0) is 16.3. The Bertz CT molecular complexity index is 607. The van der Waals surface area contributed by atoms with Gasteiger partial charge in [0.05, 0.1) is 24.2 Å². The fraction of sp³-hybridized carbons (Fsp3) is 0.286. The largest absolute Gasteiger partial charge is 0.465 e. The molecule has 8 nitrogen and oxygen atoms in total. The molecule has 1 aromatic rings. The Labute approximate surface area is 125 Å². The average molecular weight is 306 g/mol. The molecule has 0 spiro atoms. The number of hydrogen-bond donors (Lipinski definition) is 2. The summed E-state index contributed by atoms with van der Waals surface area (Å²) in [6.07, 6.45) is -2.24. The van der Waals surface area contributed by atoms with Crippen LogP contribution in [0, 0.1) is 0 Å². The van der Waals surface area contributed by atoms with Crippen molar-refractivity contribution in [3.63, 3.8) is 0 Å². The van der Waals surface area contributed by atoms with Crippen LogP contribution < -0.4 is 5.32 Å². The van der Waals surface area contributed by atoms with Crippen molar-refractivity contribution in [3.05, 3.63) is 35.4 Å². The van der Waals surface area contributed by atoms with E-state index in [4.69, 9.17) is 9.84 Å². The van der Waals surface area contributed by atoms with Gasteiger partial charge < -0.3 is 15.2 Å². The second kappa shape index (κ2) is 6.25. The van der Waals surface area contributed by atoms with Gasteiger partial charge in [-0.3, -0.25) is 19.3 Å². The fourth-order valence-corrected chi connectivity index (χ4v) is 2.19. The van der Waals surface area contributed by atoms with E-state index in [1.807, 2.05) is 0 Å². The Kier molecular flexibility index (Phi) is 4.40. The monoisotopic (exact) mass is 306 g/mol. The Morgan fingerprint density at radius 2 is 1.77 bits per heavy atom. The summed E-state index contributed by atoms with van der Waals surface area (Å²) in [6, 6.07) is 6.35. The molecular formula is C14H14N2O6. The minimum absolute atomic E-state index is 0.216. The maximum absolute atomic E-state index is 12.2. The molecule has 1 aliphatic rings. The standard InChI is InChI=1S/C14H14N2O6/c1-8(17)22-9(6-15-14(20)21)7-16-12(18)10-4-2-3-5-11(10)13(16)19/h2-5,9,15H,6-7H2,1H3,(H,20,21)/t9-/m1/s1. The van der Waals surface area contributed by atoms with E-state index in [0.29, 0.717) is 0 Å². The van der Waals surface area contributed by atoms with Crippen molar-refractivity contribution in [2.45, 2.75) is 13.0 Å². The van der Waals surface area contributed by atoms with Gasteiger partial charge in [-0.2, -0.15) is 0 Å². The molecular weight excluding hydrogens is 292 g/mol. The molecule has 0 aliphatic carbocycles. The number of carbonyl (C=O) groups excluding carboxylic acids is 3. The summed E-state index contributed by atoms with van der Waals surface area (Å²) in [6.45, 7) is 0.727. The maximum atomic E-state index is 12.2. The third-order valence-electron chi connectivity index (χ3n) is 3.08. The van der Waals surface area contributed by atoms with Crippen molar-refractivity contribution in [2.75, 3.05) is 13.1 Å². The van der Waals surface area contributed by atoms with Gasteiger partial charge in [0.1, 0.15) is 6.10 Å². The maximum Gasteiger partial charge on any atom is 0.404 e. The number of benzene rings is 1. The first-order valence-corrected chi connectivity index (χ1v) is 6.49. The molecule has 2 N–H and O–H groups in total. The lowest BCUT2D eigenvalue weighted by molar-refractivity contribution is -0.146. The third kappa shape index (κ3) is 3.22. The van der Waals surface area contributed by atoms with E-state index in [9.17, 15) is 19.2 Å². The van der Waals surface area contributed by atoms with E-state index in [1.54, 1.807) is 12.1 Å². The van der Waals surface area contributed by atoms with Gasteiger partial charge in [0, 0.05) is 6.92 Å². The minimum atomic E-state index is -1.29. The smallest absolute Gasteiger partial charge is 0.404 e. The van der Waals surface area contributed by atoms with E-state index in [1.165, 1.54) is 12.1 Å². The summed E-state index contributed by atoms with van der Waals surface area (Å²) in [5.41, 5.74) is 0.556. The summed E-state index contributed by atoms with van der Waals surface area (Å²) in [7, 11) is 0. The molecule has 0 saturated heterocycles. The zero-order valence-electron chi connectivity index (χ0n) is 11.7. The highest BCUT2D eigenvalue weighted by Gasteiger charge is 2.37. The number of ether oxygens (including phenoxy) is 1. The van der Waals surface area contributed by atoms with Crippen molar-refractivity contribution in [3.8, 4) is 0 Å². The van der Waals surface area contributed by atoms with Gasteiger partial charge >= 0.3 is 12.1 Å². The van der Waals surface area contributed by atoms with Crippen LogP contribution in [0.15, 0.2) is 24.3 Å². The number of amides is 3. The number of nitrogens with zero attached hydrogens (tertiary/aromatic N) is 1. The van der Waals surface area contributed by atoms with Gasteiger partial charge in [-0.05, 0) is 12.1 Å². The van der Waals surface area contributed by atoms with Crippen LogP contribution in [-0.4, -0.2) is 53.1 Å². The predicted molar refractivity (Wildman–Crippen MR) is 73.4 cm³/mol. The average Bonchev–Trinajstić information content (AvgIpc) is 2.70. The van der Waals surface area contributed by atoms with Crippen LogP contribution in [0.4, 0.5) is 4.79 Å². The number of carbonyl (C=O) groups is 4. The second-order valence-corrected chi connectivity index (χ2v) is 4.68. The first-order chi connectivity index (χ1) is 10.4. The molecule has 0 bridgehead atoms. The van der Waals surface area contributed by atoms with E-state index in [0.717, 1.165) is 11.8 Å². The number of fused-ring (bicyclic) bond motifs is 1. The van der Waals surface area contributed by atoms with E-state index < -0.39 is 30.0 Å². The molecule has 0 aromatic heterocycles. The molecule has 116 valence electrons. The van der Waals surface area contributed by atoms with Gasteiger partial charge in [0.15, 0.2) is 0 Å². The van der Waals surface area contributed by atoms with Gasteiger partial charge in [0.2, 0.25) is 0 Å². The summed E-state index contributed by atoms with van der Waals surface area (Å²) < 4.78 is 4.95. The SMILES string of the molecule is CC(=O)O[C@H](CNC(=O)O)CN1C(=O)c2ccccc2C1=O. The molecule has 1 aromatic carbocycles. The number of imide groups is 1. The predicted octanol–water partition coefficient (Wildman–Crippen LogP) is 0.482. The molecule has 0 saturated carbocycles. The van der Waals surface area contributed by atoms with Crippen molar-refractivity contribution in [1.82, 2.24) is 10.2 Å². The van der Waals surface area contributed by atoms with Crippen LogP contribution in [0.1, 0.15) is 27.6 Å². The number of hydrogen-bond acceptors (Lipinski definition) is 5. The van der Waals surface area contributed by atoms with Crippen LogP contribution in [0.25, 0.3) is 0 Å². The van der Waals surface area contributed by atoms with Gasteiger partial charge in [-0.25, -0.2) is 4.79 Å². The second-order valence-electron chi connectivity index (χ2n) is 4.68. The van der Waals surface area contributed by atoms with E-state index in [-0.39, 0.29) is 24.2 Å².